The van der Waals surface area contributed by atoms with Crippen molar-refractivity contribution in [3.63, 3.8) is 0 Å². The van der Waals surface area contributed by atoms with Crippen molar-refractivity contribution in [2.45, 2.75) is 0 Å². The molecule has 298 valence electrons. The van der Waals surface area contributed by atoms with Crippen LogP contribution in [0.3, 0.4) is 0 Å². The van der Waals surface area contributed by atoms with Crippen molar-refractivity contribution in [1.29, 1.82) is 0 Å². The first-order chi connectivity index (χ1) is 31.3. The summed E-state index contributed by atoms with van der Waals surface area (Å²) in [5.74, 6) is 1.12. The van der Waals surface area contributed by atoms with Crippen molar-refractivity contribution in [3.05, 3.63) is 243 Å². The summed E-state index contributed by atoms with van der Waals surface area (Å²) in [6.07, 6.45) is 3.20. The van der Waals surface area contributed by atoms with Crippen molar-refractivity contribution in [1.82, 2.24) is 29.5 Å². The lowest BCUT2D eigenvalue weighted by Crippen LogP contribution is -2.80. The van der Waals surface area contributed by atoms with Crippen LogP contribution in [0.15, 0.2) is 243 Å². The quantitative estimate of drug-likeness (QED) is 0.122. The number of hydrogen-bond acceptors (Lipinski definition) is 5. The predicted octanol–water partition coefficient (Wildman–Crippen LogP) is 6.18. The van der Waals surface area contributed by atoms with E-state index in [0.717, 1.165) is 38.0 Å². The Kier molecular flexibility index (Phi) is 9.76. The van der Waals surface area contributed by atoms with Gasteiger partial charge < -0.3 is 0 Å². The third kappa shape index (κ3) is 6.18. The maximum Gasteiger partial charge on any atom is 0.234 e. The van der Waals surface area contributed by atoms with Gasteiger partial charge in [0.15, 0.2) is 5.82 Å². The molecule has 0 saturated heterocycles. The summed E-state index contributed by atoms with van der Waals surface area (Å²) in [7, 11) is -6.92. The van der Waals surface area contributed by atoms with E-state index in [9.17, 15) is 0 Å². The van der Waals surface area contributed by atoms with E-state index in [2.05, 4.69) is 240 Å². The molecule has 0 aliphatic heterocycles. The number of aromatic nitrogens is 6. The summed E-state index contributed by atoms with van der Waals surface area (Å²) in [6.45, 7) is 0. The lowest BCUT2D eigenvalue weighted by molar-refractivity contribution is 1.00. The zero-order valence-corrected chi connectivity index (χ0v) is 36.3. The molecule has 3 heterocycles. The van der Waals surface area contributed by atoms with Crippen LogP contribution in [-0.4, -0.2) is 45.6 Å². The highest BCUT2D eigenvalue weighted by Gasteiger charge is 2.51. The molecule has 11 aromatic rings. The van der Waals surface area contributed by atoms with Crippen LogP contribution < -0.4 is 41.8 Å². The zero-order chi connectivity index (χ0) is 42.1. The highest BCUT2D eigenvalue weighted by Crippen LogP contribution is 2.31. The molecule has 0 fully saturated rings. The average Bonchev–Trinajstić information content (AvgIpc) is 3.71. The molecule has 0 aliphatic rings. The molecular weight excluding hydrogens is 801 g/mol. The second-order valence-corrected chi connectivity index (χ2v) is 23.0. The van der Waals surface area contributed by atoms with Crippen molar-refractivity contribution in [3.8, 4) is 17.3 Å². The van der Waals surface area contributed by atoms with Gasteiger partial charge in [-0.3, -0.25) is 4.57 Å². The minimum atomic E-state index is -3.46. The Hall–Kier alpha value is -7.92. The van der Waals surface area contributed by atoms with E-state index >= 15 is 0 Å². The number of para-hydroxylation sites is 2. The molecule has 0 aliphatic carbocycles. The van der Waals surface area contributed by atoms with Crippen LogP contribution in [0.1, 0.15) is 0 Å². The Balaban J connectivity index is 1.46. The second kappa shape index (κ2) is 16.2. The van der Waals surface area contributed by atoms with Crippen LogP contribution in [0.4, 0.5) is 0 Å². The van der Waals surface area contributed by atoms with Crippen LogP contribution in [0, 0.1) is 0 Å². The maximum atomic E-state index is 6.08. The first-order valence-electron chi connectivity index (χ1n) is 21.2. The number of nitrogens with zero attached hydrogens (tertiary/aromatic N) is 6. The van der Waals surface area contributed by atoms with Gasteiger partial charge >= 0.3 is 0 Å². The normalized spacial score (nSPS) is 11.8. The molecule has 0 bridgehead atoms. The molecule has 8 aromatic carbocycles. The van der Waals surface area contributed by atoms with Crippen LogP contribution >= 0.6 is 0 Å². The van der Waals surface area contributed by atoms with Gasteiger partial charge in [0.1, 0.15) is 12.7 Å². The molecule has 0 unspecified atom stereocenters. The second-order valence-electron chi connectivity index (χ2n) is 15.6. The maximum absolute atomic E-state index is 6.08. The number of benzene rings is 8. The molecule has 8 heteroatoms. The fraction of sp³-hybridized carbons (Fsp3) is 0. The Morgan fingerprint density at radius 2 is 0.603 bits per heavy atom. The Morgan fingerprint density at radius 1 is 0.317 bits per heavy atom. The van der Waals surface area contributed by atoms with Crippen LogP contribution in [0.5, 0.6) is 0 Å². The van der Waals surface area contributed by atoms with Crippen molar-refractivity contribution in [2.75, 3.05) is 0 Å². The minimum absolute atomic E-state index is 0.531. The van der Waals surface area contributed by atoms with Gasteiger partial charge in [-0.1, -0.05) is 218 Å². The van der Waals surface area contributed by atoms with E-state index in [-0.39, 0.29) is 0 Å². The molecule has 0 atom stereocenters. The smallest absolute Gasteiger partial charge is 0.234 e. The van der Waals surface area contributed by atoms with Crippen molar-refractivity contribution >= 4 is 79.7 Å². The fourth-order valence-electron chi connectivity index (χ4n) is 9.76. The van der Waals surface area contributed by atoms with Gasteiger partial charge in [-0.15, -0.1) is 0 Å². The summed E-state index contributed by atoms with van der Waals surface area (Å²) in [6, 6.07) is 82.9. The SMILES string of the molecule is c1ccc([Si](c2ccccc2)(c2ccccc2)c2nc(-n3c4ccccc4c4ccccc43)nc([Si](c3ccccc3)(c3ccccc3)c3ccccc3)c2-c2ncncn2)cc1. The number of fused-ring (bicyclic) bond motifs is 3. The Morgan fingerprint density at radius 3 is 0.921 bits per heavy atom. The van der Waals surface area contributed by atoms with Crippen molar-refractivity contribution < 1.29 is 0 Å². The topological polar surface area (TPSA) is 69.4 Å². The molecule has 6 nitrogen and oxygen atoms in total. The number of hydrogen-bond donors (Lipinski definition) is 0. The van der Waals surface area contributed by atoms with E-state index in [1.54, 1.807) is 12.7 Å². The molecule has 0 N–H and O–H groups in total. The molecular formula is C55H40N6Si2. The molecule has 3 aromatic heterocycles. The van der Waals surface area contributed by atoms with Gasteiger partial charge in [0.25, 0.3) is 0 Å². The summed E-state index contributed by atoms with van der Waals surface area (Å²) in [5, 5.41) is 11.2. The van der Waals surface area contributed by atoms with Crippen LogP contribution in [0.25, 0.3) is 39.1 Å². The summed E-state index contributed by atoms with van der Waals surface area (Å²) >= 11 is 0. The highest BCUT2D eigenvalue weighted by molar-refractivity contribution is 7.22. The van der Waals surface area contributed by atoms with E-state index in [1.807, 2.05) is 0 Å². The lowest BCUT2D eigenvalue weighted by atomic mass is 10.2. The zero-order valence-electron chi connectivity index (χ0n) is 34.3. The van der Waals surface area contributed by atoms with Gasteiger partial charge in [-0.05, 0) is 43.3 Å². The average molecular weight is 841 g/mol. The third-order valence-corrected chi connectivity index (χ3v) is 21.7. The molecule has 0 amide bonds. The fourth-order valence-corrected chi connectivity index (χ4v) is 19.4. The van der Waals surface area contributed by atoms with Gasteiger partial charge in [0.2, 0.25) is 22.1 Å². The van der Waals surface area contributed by atoms with E-state index in [4.69, 9.17) is 19.9 Å². The summed E-state index contributed by atoms with van der Waals surface area (Å²) in [4.78, 5) is 26.7. The molecule has 0 spiro atoms. The van der Waals surface area contributed by atoms with Gasteiger partial charge in [0, 0.05) is 10.8 Å². The Bertz CT molecular complexity index is 2920. The Labute approximate surface area is 368 Å². The summed E-state index contributed by atoms with van der Waals surface area (Å²) in [5.41, 5.74) is 2.89. The van der Waals surface area contributed by atoms with Gasteiger partial charge in [-0.2, -0.15) is 0 Å². The minimum Gasteiger partial charge on any atom is -0.278 e. The summed E-state index contributed by atoms with van der Waals surface area (Å²) < 4.78 is 2.27. The van der Waals surface area contributed by atoms with Gasteiger partial charge in [-0.25, -0.2) is 24.9 Å². The van der Waals surface area contributed by atoms with E-state index in [0.29, 0.717) is 11.8 Å². The highest BCUT2D eigenvalue weighted by atomic mass is 28.3. The molecule has 11 rings (SSSR count). The molecule has 0 saturated carbocycles. The molecule has 0 radical (unpaired) electrons. The lowest BCUT2D eigenvalue weighted by Gasteiger charge is -2.39. The van der Waals surface area contributed by atoms with Gasteiger partial charge in [0.05, 0.1) is 27.2 Å². The van der Waals surface area contributed by atoms with E-state index < -0.39 is 16.1 Å². The first-order valence-corrected chi connectivity index (χ1v) is 25.2. The molecule has 63 heavy (non-hydrogen) atoms. The number of rotatable bonds is 10. The largest absolute Gasteiger partial charge is 0.278 e. The third-order valence-electron chi connectivity index (χ3n) is 12.3. The van der Waals surface area contributed by atoms with Crippen LogP contribution in [-0.2, 0) is 0 Å². The van der Waals surface area contributed by atoms with Crippen LogP contribution in [0.2, 0.25) is 0 Å². The first kappa shape index (κ1) is 38.0. The monoisotopic (exact) mass is 840 g/mol. The van der Waals surface area contributed by atoms with E-state index in [1.165, 1.54) is 31.1 Å². The standard InChI is InChI=1S/C55H40N6Si2/c1-7-23-41(24-8-1)62(42-25-9-2-10-26-42,43-27-11-3-12-28-43)53-51(52-57-39-56-40-58-52)54(60-55(59-53)61-49-37-21-19-35-47(49)48-36-20-22-38-50(48)61)63(44-29-13-4-14-30-44,45-31-15-5-16-32-45)46-33-17-6-18-34-46/h1-40H. The predicted molar refractivity (Wildman–Crippen MR) is 262 cm³/mol. The van der Waals surface area contributed by atoms with Crippen molar-refractivity contribution in [2.24, 2.45) is 0 Å².